The fraction of sp³-hybridized carbons (Fsp3) is 0. The van der Waals surface area contributed by atoms with Gasteiger partial charge in [0.25, 0.3) is 0 Å². The van der Waals surface area contributed by atoms with Crippen molar-refractivity contribution in [1.29, 1.82) is 0 Å². The zero-order chi connectivity index (χ0) is 8.08. The van der Waals surface area contributed by atoms with Gasteiger partial charge in [-0.1, -0.05) is 0 Å². The van der Waals surface area contributed by atoms with Crippen molar-refractivity contribution in [2.75, 3.05) is 0 Å². The molecule has 0 aromatic heterocycles. The quantitative estimate of drug-likeness (QED) is 0.235. The Kier molecular flexibility index (Phi) is 23.9. The van der Waals surface area contributed by atoms with Gasteiger partial charge < -0.3 is 18.7 Å². The van der Waals surface area contributed by atoms with Crippen LogP contribution >= 0.6 is 0 Å². The van der Waals surface area contributed by atoms with Crippen LogP contribution in [0.5, 0.6) is 0 Å². The molecule has 0 radical (unpaired) electrons. The van der Waals surface area contributed by atoms with Gasteiger partial charge in [0.05, 0.1) is 0 Å². The fourth-order valence-electron chi connectivity index (χ4n) is 0. The average molecular weight is 220 g/mol. The summed E-state index contributed by atoms with van der Waals surface area (Å²) < 4.78 is 42.8. The van der Waals surface area contributed by atoms with E-state index in [9.17, 15) is 0 Å². The normalized spacial score (nSPS) is 7.45. The molecular formula is H2Na2O7SSi. The van der Waals surface area contributed by atoms with Crippen LogP contribution in [-0.2, 0) is 14.9 Å². The van der Waals surface area contributed by atoms with Crippen LogP contribution in [-0.4, -0.2) is 36.3 Å². The maximum atomic E-state index is 8.74. The minimum atomic E-state index is -5.17. The molecule has 0 aromatic carbocycles. The molecule has 0 atom stereocenters. The van der Waals surface area contributed by atoms with Gasteiger partial charge in [-0.3, -0.25) is 12.9 Å². The topological polar surface area (TPSA) is 138 Å². The summed E-state index contributed by atoms with van der Waals surface area (Å²) in [5, 5.41) is 0. The first-order chi connectivity index (χ1) is 3.73. The van der Waals surface area contributed by atoms with E-state index in [1.54, 1.807) is 0 Å². The molecule has 0 bridgehead atoms. The van der Waals surface area contributed by atoms with Gasteiger partial charge in [-0.25, -0.2) is 0 Å². The van der Waals surface area contributed by atoms with Crippen molar-refractivity contribution < 1.29 is 90.7 Å². The van der Waals surface area contributed by atoms with E-state index in [1.807, 2.05) is 0 Å². The standard InChI is InChI=1S/2Na.H2O4S.H2O3Si/c;;1-5(2,3)4;1-4(2)3/h;;(H2,1,2,3,4);1-2H/q2*+1;;/p-2. The van der Waals surface area contributed by atoms with Crippen molar-refractivity contribution in [2.45, 2.75) is 0 Å². The molecule has 56 valence electrons. The van der Waals surface area contributed by atoms with Crippen LogP contribution < -0.4 is 59.1 Å². The Morgan fingerprint density at radius 3 is 1.09 bits per heavy atom. The predicted molar refractivity (Wildman–Crippen MR) is 21.4 cm³/mol. The molecule has 0 saturated carbocycles. The van der Waals surface area contributed by atoms with Crippen molar-refractivity contribution in [3.8, 4) is 0 Å². The van der Waals surface area contributed by atoms with Crippen LogP contribution in [0.15, 0.2) is 0 Å². The maximum absolute atomic E-state index is 8.74. The van der Waals surface area contributed by atoms with Crippen LogP contribution in [0.3, 0.4) is 0 Å². The van der Waals surface area contributed by atoms with E-state index < -0.39 is 19.6 Å². The van der Waals surface area contributed by atoms with E-state index in [0.29, 0.717) is 0 Å². The average Bonchev–Trinajstić information content (AvgIpc) is 1.19. The molecule has 0 spiro atoms. The van der Waals surface area contributed by atoms with Crippen molar-refractivity contribution in [1.82, 2.24) is 0 Å². The molecule has 0 rings (SSSR count). The maximum Gasteiger partial charge on any atom is 1.00 e. The summed E-state index contributed by atoms with van der Waals surface area (Å²) in [4.78, 5) is 14.3. The summed E-state index contributed by atoms with van der Waals surface area (Å²) in [6.07, 6.45) is 0. The zero-order valence-corrected chi connectivity index (χ0v) is 11.7. The molecule has 0 heterocycles. The second kappa shape index (κ2) is 11.5. The largest absolute Gasteiger partial charge is 1.00 e. The smallest absolute Gasteiger partial charge is 0.759 e. The van der Waals surface area contributed by atoms with Crippen LogP contribution in [0.1, 0.15) is 0 Å². The summed E-state index contributed by atoms with van der Waals surface area (Å²) in [6, 6.07) is 0. The monoisotopic (exact) mass is 220 g/mol. The minimum absolute atomic E-state index is 0. The molecule has 0 saturated heterocycles. The first-order valence-corrected chi connectivity index (χ1v) is 3.95. The van der Waals surface area contributed by atoms with Crippen LogP contribution in [0.25, 0.3) is 0 Å². The van der Waals surface area contributed by atoms with E-state index >= 15 is 0 Å². The van der Waals surface area contributed by atoms with Gasteiger partial charge in [-0.15, -0.1) is 0 Å². The molecule has 0 aromatic rings. The number of hydrogen-bond acceptors (Lipinski definition) is 5. The molecule has 0 fully saturated rings. The molecule has 0 aliphatic rings. The van der Waals surface area contributed by atoms with Crippen LogP contribution in [0.2, 0.25) is 0 Å². The Morgan fingerprint density at radius 1 is 1.09 bits per heavy atom. The first kappa shape index (κ1) is 22.9. The molecule has 0 aliphatic heterocycles. The third kappa shape index (κ3) is 468. The summed E-state index contributed by atoms with van der Waals surface area (Å²) >= 11 is 0. The van der Waals surface area contributed by atoms with E-state index in [1.165, 1.54) is 0 Å². The van der Waals surface area contributed by atoms with Gasteiger partial charge >= 0.3 is 68.3 Å². The number of hydrogen-bond donors (Lipinski definition) is 2. The third-order valence-electron chi connectivity index (χ3n) is 0. The van der Waals surface area contributed by atoms with Crippen molar-refractivity contribution in [3.63, 3.8) is 0 Å². The van der Waals surface area contributed by atoms with E-state index in [0.717, 1.165) is 0 Å². The Balaban J connectivity index is -0.0000000383. The fourth-order valence-corrected chi connectivity index (χ4v) is 0. The first-order valence-electron chi connectivity index (χ1n) is 1.32. The molecule has 0 amide bonds. The Hall–Kier alpha value is 1.49. The molecule has 11 heavy (non-hydrogen) atoms. The molecular weight excluding hydrogens is 218 g/mol. The van der Waals surface area contributed by atoms with Gasteiger partial charge in [-0.2, -0.15) is 0 Å². The van der Waals surface area contributed by atoms with Gasteiger partial charge in [-0.05, 0) is 0 Å². The minimum Gasteiger partial charge on any atom is -0.759 e. The summed E-state index contributed by atoms with van der Waals surface area (Å²) in [5.74, 6) is 0. The molecule has 7 nitrogen and oxygen atoms in total. The third-order valence-corrected chi connectivity index (χ3v) is 0. The SMILES string of the molecule is O=S(=O)([O-])[O-].O=[Si](O)O.[Na+].[Na+]. The van der Waals surface area contributed by atoms with E-state index in [4.69, 9.17) is 31.6 Å². The van der Waals surface area contributed by atoms with E-state index in [-0.39, 0.29) is 59.1 Å². The molecule has 0 unspecified atom stereocenters. The summed E-state index contributed by atoms with van der Waals surface area (Å²) in [7, 11) is -8.30. The Labute approximate surface area is 109 Å². The number of rotatable bonds is 0. The summed E-state index contributed by atoms with van der Waals surface area (Å²) in [5.41, 5.74) is 0. The molecule has 2 N–H and O–H groups in total. The predicted octanol–water partition coefficient (Wildman–Crippen LogP) is -8.94. The van der Waals surface area contributed by atoms with Crippen molar-refractivity contribution in [2.24, 2.45) is 0 Å². The van der Waals surface area contributed by atoms with Crippen LogP contribution in [0, 0.1) is 0 Å². The second-order valence-electron chi connectivity index (χ2n) is 0.691. The van der Waals surface area contributed by atoms with Crippen LogP contribution in [0.4, 0.5) is 0 Å². The molecule has 0 aliphatic carbocycles. The van der Waals surface area contributed by atoms with Crippen molar-refractivity contribution >= 4 is 19.6 Å². The second-order valence-corrected chi connectivity index (χ2v) is 2.07. The van der Waals surface area contributed by atoms with Gasteiger partial charge in [0.1, 0.15) is 0 Å². The van der Waals surface area contributed by atoms with E-state index in [2.05, 4.69) is 0 Å². The van der Waals surface area contributed by atoms with Gasteiger partial charge in [0.15, 0.2) is 0 Å². The van der Waals surface area contributed by atoms with Crippen molar-refractivity contribution in [3.05, 3.63) is 0 Å². The zero-order valence-electron chi connectivity index (χ0n) is 5.84. The van der Waals surface area contributed by atoms with Gasteiger partial charge in [0.2, 0.25) is 0 Å². The Bertz CT molecular complexity index is 159. The van der Waals surface area contributed by atoms with Gasteiger partial charge in [0, 0.05) is 10.4 Å². The summed E-state index contributed by atoms with van der Waals surface area (Å²) in [6.45, 7) is 0. The molecule has 11 heteroatoms. The Morgan fingerprint density at radius 2 is 1.09 bits per heavy atom.